The first kappa shape index (κ1) is 15.4. The van der Waals surface area contributed by atoms with Crippen molar-refractivity contribution in [1.29, 1.82) is 0 Å². The van der Waals surface area contributed by atoms with E-state index in [1.54, 1.807) is 0 Å². The number of nitrogens with two attached hydrogens (primary N) is 1. The molecule has 1 aliphatic rings. The van der Waals surface area contributed by atoms with Crippen molar-refractivity contribution in [2.24, 2.45) is 11.7 Å². The third-order valence-electron chi connectivity index (χ3n) is 3.19. The lowest BCUT2D eigenvalue weighted by Gasteiger charge is -2.23. The molecule has 1 saturated heterocycles. The largest absolute Gasteiger partial charge is 0.480 e. The summed E-state index contributed by atoms with van der Waals surface area (Å²) in [6.07, 6.45) is 2.29. The molecule has 108 valence electrons. The average Bonchev–Trinajstić information content (AvgIpc) is 2.35. The SMILES string of the molecule is NC(=O)CC[C@H](NC(=O)CC1CCCNC1)C(=O)O. The van der Waals surface area contributed by atoms with Crippen LogP contribution in [0.4, 0.5) is 0 Å². The van der Waals surface area contributed by atoms with Gasteiger partial charge in [0.2, 0.25) is 11.8 Å². The molecule has 0 bridgehead atoms. The zero-order valence-corrected chi connectivity index (χ0v) is 10.9. The summed E-state index contributed by atoms with van der Waals surface area (Å²) in [7, 11) is 0. The quantitative estimate of drug-likeness (QED) is 0.483. The zero-order chi connectivity index (χ0) is 14.3. The summed E-state index contributed by atoms with van der Waals surface area (Å²) in [4.78, 5) is 33.4. The lowest BCUT2D eigenvalue weighted by Crippen LogP contribution is -2.43. The van der Waals surface area contributed by atoms with Gasteiger partial charge in [-0.25, -0.2) is 4.79 Å². The smallest absolute Gasteiger partial charge is 0.326 e. The first-order chi connectivity index (χ1) is 8.99. The molecule has 0 aromatic heterocycles. The monoisotopic (exact) mass is 271 g/mol. The number of carboxylic acids is 1. The fraction of sp³-hybridized carbons (Fsp3) is 0.750. The Hall–Kier alpha value is -1.63. The molecule has 1 heterocycles. The van der Waals surface area contributed by atoms with Crippen LogP contribution in [-0.2, 0) is 14.4 Å². The first-order valence-corrected chi connectivity index (χ1v) is 6.50. The Labute approximate surface area is 111 Å². The summed E-state index contributed by atoms with van der Waals surface area (Å²) in [6, 6.07) is -1.04. The van der Waals surface area contributed by atoms with Gasteiger partial charge in [-0.05, 0) is 38.3 Å². The number of carbonyl (C=O) groups excluding carboxylic acids is 2. The van der Waals surface area contributed by atoms with E-state index in [9.17, 15) is 14.4 Å². The fourth-order valence-corrected chi connectivity index (χ4v) is 2.16. The summed E-state index contributed by atoms with van der Waals surface area (Å²) in [5.74, 6) is -1.75. The van der Waals surface area contributed by atoms with E-state index in [-0.39, 0.29) is 24.7 Å². The van der Waals surface area contributed by atoms with Crippen LogP contribution in [0.25, 0.3) is 0 Å². The Morgan fingerprint density at radius 3 is 2.68 bits per heavy atom. The van der Waals surface area contributed by atoms with Gasteiger partial charge in [-0.2, -0.15) is 0 Å². The van der Waals surface area contributed by atoms with E-state index in [4.69, 9.17) is 10.8 Å². The standard InChI is InChI=1S/C12H21N3O4/c13-10(16)4-3-9(12(18)19)15-11(17)6-8-2-1-5-14-7-8/h8-9,14H,1-7H2,(H2,13,16)(H,15,17)(H,18,19)/t8?,9-/m0/s1. The number of hydrogen-bond acceptors (Lipinski definition) is 4. The van der Waals surface area contributed by atoms with E-state index in [2.05, 4.69) is 10.6 Å². The molecule has 1 aliphatic heterocycles. The Balaban J connectivity index is 2.37. The number of rotatable bonds is 7. The third kappa shape index (κ3) is 6.19. The van der Waals surface area contributed by atoms with Crippen LogP contribution >= 0.6 is 0 Å². The minimum absolute atomic E-state index is 0.0271. The number of carbonyl (C=O) groups is 3. The van der Waals surface area contributed by atoms with E-state index >= 15 is 0 Å². The third-order valence-corrected chi connectivity index (χ3v) is 3.19. The highest BCUT2D eigenvalue weighted by Gasteiger charge is 2.23. The molecule has 1 fully saturated rings. The predicted octanol–water partition coefficient (Wildman–Crippen LogP) is -0.789. The lowest BCUT2D eigenvalue weighted by atomic mass is 9.95. The topological polar surface area (TPSA) is 122 Å². The van der Waals surface area contributed by atoms with Crippen LogP contribution < -0.4 is 16.4 Å². The maximum Gasteiger partial charge on any atom is 0.326 e. The Morgan fingerprint density at radius 2 is 2.16 bits per heavy atom. The van der Waals surface area contributed by atoms with E-state index in [1.807, 2.05) is 0 Å². The van der Waals surface area contributed by atoms with Gasteiger partial charge in [0.25, 0.3) is 0 Å². The van der Waals surface area contributed by atoms with E-state index < -0.39 is 17.9 Å². The van der Waals surface area contributed by atoms with Gasteiger partial charge < -0.3 is 21.5 Å². The fourth-order valence-electron chi connectivity index (χ4n) is 2.16. The number of aliphatic carboxylic acids is 1. The summed E-state index contributed by atoms with van der Waals surface area (Å²) >= 11 is 0. The average molecular weight is 271 g/mol. The normalized spacial score (nSPS) is 20.5. The van der Waals surface area contributed by atoms with Crippen molar-refractivity contribution in [3.8, 4) is 0 Å². The predicted molar refractivity (Wildman–Crippen MR) is 68.2 cm³/mol. The summed E-state index contributed by atoms with van der Waals surface area (Å²) in [5, 5.41) is 14.6. The van der Waals surface area contributed by atoms with Gasteiger partial charge in [-0.1, -0.05) is 0 Å². The molecule has 0 aromatic carbocycles. The van der Waals surface area contributed by atoms with E-state index in [0.717, 1.165) is 25.9 Å². The highest BCUT2D eigenvalue weighted by Crippen LogP contribution is 2.14. The molecule has 1 rings (SSSR count). The number of nitrogens with one attached hydrogen (secondary N) is 2. The van der Waals surface area contributed by atoms with Crippen LogP contribution in [0.15, 0.2) is 0 Å². The number of hydrogen-bond donors (Lipinski definition) is 4. The molecular weight excluding hydrogens is 250 g/mol. The van der Waals surface area contributed by atoms with Gasteiger partial charge in [0.1, 0.15) is 6.04 Å². The second-order valence-corrected chi connectivity index (χ2v) is 4.88. The van der Waals surface area contributed by atoms with Gasteiger partial charge >= 0.3 is 5.97 Å². The molecule has 0 radical (unpaired) electrons. The zero-order valence-electron chi connectivity index (χ0n) is 10.9. The Bertz CT molecular complexity index is 340. The van der Waals surface area contributed by atoms with Gasteiger partial charge in [0.15, 0.2) is 0 Å². The van der Waals surface area contributed by atoms with Crippen molar-refractivity contribution in [3.63, 3.8) is 0 Å². The first-order valence-electron chi connectivity index (χ1n) is 6.50. The van der Waals surface area contributed by atoms with Crippen LogP contribution in [0.5, 0.6) is 0 Å². The van der Waals surface area contributed by atoms with E-state index in [0.29, 0.717) is 6.42 Å². The van der Waals surface area contributed by atoms with Gasteiger partial charge in [-0.3, -0.25) is 9.59 Å². The summed E-state index contributed by atoms with van der Waals surface area (Å²) in [6.45, 7) is 1.75. The Morgan fingerprint density at radius 1 is 1.42 bits per heavy atom. The minimum Gasteiger partial charge on any atom is -0.480 e. The number of carboxylic acid groups (broad SMARTS) is 1. The molecule has 2 amide bonds. The van der Waals surface area contributed by atoms with Crippen molar-refractivity contribution in [1.82, 2.24) is 10.6 Å². The van der Waals surface area contributed by atoms with Gasteiger partial charge in [-0.15, -0.1) is 0 Å². The molecule has 19 heavy (non-hydrogen) atoms. The minimum atomic E-state index is -1.14. The Kier molecular flexibility index (Phi) is 6.27. The van der Waals surface area contributed by atoms with Crippen LogP contribution in [0, 0.1) is 5.92 Å². The highest BCUT2D eigenvalue weighted by atomic mass is 16.4. The highest BCUT2D eigenvalue weighted by molar-refractivity contribution is 5.84. The van der Waals surface area contributed by atoms with Crippen LogP contribution in [0.3, 0.4) is 0 Å². The molecule has 2 atom stereocenters. The molecule has 7 nitrogen and oxygen atoms in total. The second kappa shape index (κ2) is 7.73. The van der Waals surface area contributed by atoms with E-state index in [1.165, 1.54) is 0 Å². The second-order valence-electron chi connectivity index (χ2n) is 4.88. The van der Waals surface area contributed by atoms with Crippen molar-refractivity contribution < 1.29 is 19.5 Å². The number of primary amides is 1. The van der Waals surface area contributed by atoms with Crippen molar-refractivity contribution in [2.75, 3.05) is 13.1 Å². The molecular formula is C12H21N3O4. The lowest BCUT2D eigenvalue weighted by molar-refractivity contribution is -0.142. The summed E-state index contributed by atoms with van der Waals surface area (Å²) in [5.41, 5.74) is 4.97. The maximum atomic E-state index is 11.8. The molecule has 1 unspecified atom stereocenters. The molecule has 7 heteroatoms. The van der Waals surface area contributed by atoms with Crippen LogP contribution in [0.1, 0.15) is 32.1 Å². The van der Waals surface area contributed by atoms with Crippen molar-refractivity contribution >= 4 is 17.8 Å². The number of amides is 2. The molecule has 0 saturated carbocycles. The van der Waals surface area contributed by atoms with Crippen molar-refractivity contribution in [3.05, 3.63) is 0 Å². The molecule has 0 aromatic rings. The molecule has 0 aliphatic carbocycles. The summed E-state index contributed by atoms with van der Waals surface area (Å²) < 4.78 is 0. The van der Waals surface area contributed by atoms with Crippen LogP contribution in [0.2, 0.25) is 0 Å². The van der Waals surface area contributed by atoms with Gasteiger partial charge in [0, 0.05) is 12.8 Å². The number of piperidine rings is 1. The molecule has 0 spiro atoms. The van der Waals surface area contributed by atoms with Crippen LogP contribution in [-0.4, -0.2) is 42.0 Å². The van der Waals surface area contributed by atoms with Gasteiger partial charge in [0.05, 0.1) is 0 Å². The maximum absolute atomic E-state index is 11.8. The molecule has 5 N–H and O–H groups in total. The van der Waals surface area contributed by atoms with Crippen molar-refractivity contribution in [2.45, 2.75) is 38.1 Å².